The number of imidazole rings is 1. The summed E-state index contributed by atoms with van der Waals surface area (Å²) in [4.78, 5) is 5.56. The molecule has 0 spiro atoms. The molecule has 1 heterocycles. The van der Waals surface area contributed by atoms with Crippen molar-refractivity contribution in [2.75, 3.05) is 0 Å². The summed E-state index contributed by atoms with van der Waals surface area (Å²) in [5.41, 5.74) is 0.928. The summed E-state index contributed by atoms with van der Waals surface area (Å²) in [6, 6.07) is -0.0870. The maximum absolute atomic E-state index is 12.8. The predicted molar refractivity (Wildman–Crippen MR) is 76.4 cm³/mol. The van der Waals surface area contributed by atoms with Crippen LogP contribution in [0.5, 0.6) is 0 Å². The molecular formula is C14H14BrF3N2. The van der Waals surface area contributed by atoms with Gasteiger partial charge in [0.2, 0.25) is 0 Å². The Morgan fingerprint density at radius 1 is 1.35 bits per heavy atom. The lowest BCUT2D eigenvalue weighted by Crippen LogP contribution is -2.05. The molecule has 0 bridgehead atoms. The highest BCUT2D eigenvalue weighted by atomic mass is 79.9. The van der Waals surface area contributed by atoms with Gasteiger partial charge in [-0.05, 0) is 30.8 Å². The molecule has 0 atom stereocenters. The molecule has 20 heavy (non-hydrogen) atoms. The Labute approximate surface area is 123 Å². The first kappa shape index (κ1) is 15.1. The van der Waals surface area contributed by atoms with Crippen LogP contribution >= 0.6 is 15.9 Å². The average Bonchev–Trinajstić information content (AvgIpc) is 2.84. The SMILES string of the molecule is CC(C)n1cc(C(F)(F)F)nc1C1=CCC(=CBr)C=C1. The van der Waals surface area contributed by atoms with Gasteiger partial charge in [-0.15, -0.1) is 0 Å². The van der Waals surface area contributed by atoms with Gasteiger partial charge in [-0.3, -0.25) is 0 Å². The third-order valence-electron chi connectivity index (χ3n) is 3.01. The Balaban J connectivity index is 2.44. The van der Waals surface area contributed by atoms with Gasteiger partial charge in [-0.1, -0.05) is 34.2 Å². The lowest BCUT2D eigenvalue weighted by molar-refractivity contribution is -0.141. The molecule has 0 saturated heterocycles. The summed E-state index contributed by atoms with van der Waals surface area (Å²) in [5.74, 6) is 0.359. The number of nitrogens with zero attached hydrogens (tertiary/aromatic N) is 2. The third kappa shape index (κ3) is 3.06. The Hall–Kier alpha value is -1.30. The molecule has 108 valence electrons. The van der Waals surface area contributed by atoms with Crippen LogP contribution in [-0.2, 0) is 6.18 Å². The molecule has 6 heteroatoms. The fourth-order valence-corrected chi connectivity index (χ4v) is 2.28. The summed E-state index contributed by atoms with van der Waals surface area (Å²) in [5, 5.41) is 0. The molecular weight excluding hydrogens is 333 g/mol. The lowest BCUT2D eigenvalue weighted by Gasteiger charge is -2.14. The molecule has 0 amide bonds. The normalized spacial score (nSPS) is 17.9. The second-order valence-electron chi connectivity index (χ2n) is 4.83. The highest BCUT2D eigenvalue weighted by molar-refractivity contribution is 9.11. The maximum atomic E-state index is 12.8. The second kappa shape index (κ2) is 5.60. The minimum Gasteiger partial charge on any atom is -0.328 e. The van der Waals surface area contributed by atoms with E-state index < -0.39 is 11.9 Å². The quantitative estimate of drug-likeness (QED) is 0.727. The molecule has 0 radical (unpaired) electrons. The molecule has 1 aliphatic carbocycles. The molecule has 0 unspecified atom stereocenters. The zero-order valence-corrected chi connectivity index (χ0v) is 12.7. The van der Waals surface area contributed by atoms with Gasteiger partial charge < -0.3 is 4.57 Å². The zero-order valence-electron chi connectivity index (χ0n) is 11.1. The van der Waals surface area contributed by atoms with Gasteiger partial charge in [0.15, 0.2) is 5.69 Å². The summed E-state index contributed by atoms with van der Waals surface area (Å²) < 4.78 is 40.0. The van der Waals surface area contributed by atoms with E-state index in [2.05, 4.69) is 20.9 Å². The van der Waals surface area contributed by atoms with Crippen molar-refractivity contribution < 1.29 is 13.2 Å². The molecule has 0 aromatic carbocycles. The molecule has 2 rings (SSSR count). The minimum atomic E-state index is -4.42. The van der Waals surface area contributed by atoms with Crippen LogP contribution in [0.4, 0.5) is 13.2 Å². The Bertz CT molecular complexity index is 592. The Morgan fingerprint density at radius 3 is 2.50 bits per heavy atom. The van der Waals surface area contributed by atoms with Gasteiger partial charge in [-0.2, -0.15) is 13.2 Å². The van der Waals surface area contributed by atoms with Gasteiger partial charge in [0, 0.05) is 17.8 Å². The third-order valence-corrected chi connectivity index (χ3v) is 3.60. The number of aromatic nitrogens is 2. The van der Waals surface area contributed by atoms with Crippen LogP contribution in [0, 0.1) is 0 Å². The topological polar surface area (TPSA) is 17.8 Å². The van der Waals surface area contributed by atoms with Crippen LogP contribution in [0.15, 0.2) is 35.0 Å². The van der Waals surface area contributed by atoms with Crippen molar-refractivity contribution in [1.82, 2.24) is 9.55 Å². The van der Waals surface area contributed by atoms with E-state index in [-0.39, 0.29) is 6.04 Å². The van der Waals surface area contributed by atoms with Gasteiger partial charge in [0.05, 0.1) is 0 Å². The van der Waals surface area contributed by atoms with Gasteiger partial charge >= 0.3 is 6.18 Å². The highest BCUT2D eigenvalue weighted by Gasteiger charge is 2.35. The Kier molecular flexibility index (Phi) is 4.22. The van der Waals surface area contributed by atoms with Crippen LogP contribution in [-0.4, -0.2) is 9.55 Å². The molecule has 0 N–H and O–H groups in total. The van der Waals surface area contributed by atoms with E-state index in [9.17, 15) is 13.2 Å². The van der Waals surface area contributed by atoms with Crippen LogP contribution in [0.1, 0.15) is 37.8 Å². The maximum Gasteiger partial charge on any atom is 0.434 e. The van der Waals surface area contributed by atoms with E-state index in [1.807, 2.05) is 26.0 Å². The van der Waals surface area contributed by atoms with Crippen molar-refractivity contribution in [1.29, 1.82) is 0 Å². The summed E-state index contributed by atoms with van der Waals surface area (Å²) in [7, 11) is 0. The summed E-state index contributed by atoms with van der Waals surface area (Å²) >= 11 is 3.24. The van der Waals surface area contributed by atoms with Crippen LogP contribution < -0.4 is 0 Å². The predicted octanol–water partition coefficient (Wildman–Crippen LogP) is 5.10. The number of rotatable bonds is 2. The zero-order chi connectivity index (χ0) is 14.9. The van der Waals surface area contributed by atoms with E-state index in [1.54, 1.807) is 15.6 Å². The molecule has 0 aliphatic heterocycles. The van der Waals surface area contributed by atoms with Gasteiger partial charge in [-0.25, -0.2) is 4.98 Å². The van der Waals surface area contributed by atoms with Crippen molar-refractivity contribution in [3.05, 3.63) is 46.5 Å². The van der Waals surface area contributed by atoms with E-state index >= 15 is 0 Å². The number of halogens is 4. The van der Waals surface area contributed by atoms with Crippen molar-refractivity contribution >= 4 is 21.5 Å². The van der Waals surface area contributed by atoms with Gasteiger partial charge in [0.1, 0.15) is 5.82 Å². The van der Waals surface area contributed by atoms with Gasteiger partial charge in [0.25, 0.3) is 0 Å². The first-order valence-corrected chi connectivity index (χ1v) is 7.08. The second-order valence-corrected chi connectivity index (χ2v) is 5.29. The fraction of sp³-hybridized carbons (Fsp3) is 0.357. The van der Waals surface area contributed by atoms with Crippen LogP contribution in [0.25, 0.3) is 5.57 Å². The summed E-state index contributed by atoms with van der Waals surface area (Å²) in [6.45, 7) is 3.67. The molecule has 1 aliphatic rings. The molecule has 1 aromatic heterocycles. The number of alkyl halides is 3. The Morgan fingerprint density at radius 2 is 2.05 bits per heavy atom. The van der Waals surface area contributed by atoms with Crippen molar-refractivity contribution in [2.45, 2.75) is 32.5 Å². The molecule has 1 aromatic rings. The lowest BCUT2D eigenvalue weighted by atomic mass is 10.0. The smallest absolute Gasteiger partial charge is 0.328 e. The van der Waals surface area contributed by atoms with Crippen LogP contribution in [0.2, 0.25) is 0 Å². The number of hydrogen-bond donors (Lipinski definition) is 0. The number of hydrogen-bond acceptors (Lipinski definition) is 1. The van der Waals surface area contributed by atoms with E-state index in [4.69, 9.17) is 0 Å². The molecule has 0 fully saturated rings. The number of allylic oxidation sites excluding steroid dienone is 5. The summed E-state index contributed by atoms with van der Waals surface area (Å²) in [6.07, 6.45) is 2.87. The molecule has 2 nitrogen and oxygen atoms in total. The standard InChI is InChI=1S/C14H14BrF3N2/c1-9(2)20-8-12(14(16,17)18)19-13(20)11-5-3-10(7-15)4-6-11/h3,5-9H,4H2,1-2H3. The van der Waals surface area contributed by atoms with Crippen molar-refractivity contribution in [2.24, 2.45) is 0 Å². The van der Waals surface area contributed by atoms with E-state index in [0.29, 0.717) is 17.8 Å². The average molecular weight is 347 g/mol. The van der Waals surface area contributed by atoms with E-state index in [1.165, 1.54) is 0 Å². The largest absolute Gasteiger partial charge is 0.434 e. The monoisotopic (exact) mass is 346 g/mol. The molecule has 0 saturated carbocycles. The first-order chi connectivity index (χ1) is 9.32. The van der Waals surface area contributed by atoms with Crippen LogP contribution in [0.3, 0.4) is 0 Å². The van der Waals surface area contributed by atoms with Crippen molar-refractivity contribution in [3.63, 3.8) is 0 Å². The van der Waals surface area contributed by atoms with Crippen molar-refractivity contribution in [3.8, 4) is 0 Å². The first-order valence-electron chi connectivity index (χ1n) is 6.17. The minimum absolute atomic E-state index is 0.0870. The fourth-order valence-electron chi connectivity index (χ4n) is 1.94. The van der Waals surface area contributed by atoms with E-state index in [0.717, 1.165) is 11.8 Å². The highest BCUT2D eigenvalue weighted by Crippen LogP contribution is 2.32.